The van der Waals surface area contributed by atoms with E-state index in [-0.39, 0.29) is 23.8 Å². The molecule has 0 spiro atoms. The lowest BCUT2D eigenvalue weighted by Gasteiger charge is -2.20. The van der Waals surface area contributed by atoms with E-state index >= 15 is 0 Å². The SMILES string of the molecule is CC(C)N1C[C@H](C(=O)NCCCN(C)C)CC1=O. The summed E-state index contributed by atoms with van der Waals surface area (Å²) in [5.74, 6) is -0.0528. The van der Waals surface area contributed by atoms with E-state index in [1.54, 1.807) is 4.90 Å². The average Bonchev–Trinajstić information content (AvgIpc) is 2.66. The van der Waals surface area contributed by atoms with Gasteiger partial charge in [0.15, 0.2) is 0 Å². The first kappa shape index (κ1) is 15.0. The van der Waals surface area contributed by atoms with Gasteiger partial charge in [-0.15, -0.1) is 0 Å². The number of rotatable bonds is 6. The van der Waals surface area contributed by atoms with Crippen molar-refractivity contribution in [3.63, 3.8) is 0 Å². The second-order valence-corrected chi connectivity index (χ2v) is 5.49. The number of nitrogens with zero attached hydrogens (tertiary/aromatic N) is 2. The first-order chi connectivity index (χ1) is 8.41. The lowest BCUT2D eigenvalue weighted by Crippen LogP contribution is -2.36. The molecule has 1 aliphatic rings. The van der Waals surface area contributed by atoms with Crippen LogP contribution in [-0.2, 0) is 9.59 Å². The Kier molecular flexibility index (Phi) is 5.59. The highest BCUT2D eigenvalue weighted by Crippen LogP contribution is 2.19. The molecule has 1 heterocycles. The Morgan fingerprint density at radius 3 is 2.67 bits per heavy atom. The molecule has 1 saturated heterocycles. The third-order valence-corrected chi connectivity index (χ3v) is 3.23. The van der Waals surface area contributed by atoms with Crippen LogP contribution < -0.4 is 5.32 Å². The molecule has 0 aliphatic carbocycles. The predicted octanol–water partition coefficient (Wildman–Crippen LogP) is 0.311. The Morgan fingerprint density at radius 1 is 1.50 bits per heavy atom. The van der Waals surface area contributed by atoms with Crippen molar-refractivity contribution in [3.05, 3.63) is 0 Å². The molecule has 0 radical (unpaired) electrons. The van der Waals surface area contributed by atoms with Crippen LogP contribution in [0.25, 0.3) is 0 Å². The van der Waals surface area contributed by atoms with Crippen LogP contribution in [0.15, 0.2) is 0 Å². The van der Waals surface area contributed by atoms with Crippen molar-refractivity contribution in [2.75, 3.05) is 33.7 Å². The van der Waals surface area contributed by atoms with E-state index in [4.69, 9.17) is 0 Å². The molecule has 1 fully saturated rings. The number of hydrogen-bond acceptors (Lipinski definition) is 3. The minimum atomic E-state index is -0.167. The zero-order valence-electron chi connectivity index (χ0n) is 11.9. The van der Waals surface area contributed by atoms with Crippen LogP contribution >= 0.6 is 0 Å². The van der Waals surface area contributed by atoms with Gasteiger partial charge in [0.2, 0.25) is 11.8 Å². The maximum Gasteiger partial charge on any atom is 0.225 e. The summed E-state index contributed by atoms with van der Waals surface area (Å²) in [4.78, 5) is 27.5. The molecule has 1 aliphatic heterocycles. The number of hydrogen-bond donors (Lipinski definition) is 1. The molecule has 1 atom stereocenters. The van der Waals surface area contributed by atoms with Crippen LogP contribution in [0.1, 0.15) is 26.7 Å². The molecule has 0 aromatic carbocycles. The van der Waals surface area contributed by atoms with Gasteiger partial charge in [-0.3, -0.25) is 9.59 Å². The highest BCUT2D eigenvalue weighted by atomic mass is 16.2. The Labute approximate surface area is 110 Å². The summed E-state index contributed by atoms with van der Waals surface area (Å²) < 4.78 is 0. The van der Waals surface area contributed by atoms with Gasteiger partial charge in [-0.25, -0.2) is 0 Å². The van der Waals surface area contributed by atoms with Crippen molar-refractivity contribution in [3.8, 4) is 0 Å². The minimum Gasteiger partial charge on any atom is -0.356 e. The van der Waals surface area contributed by atoms with E-state index in [1.807, 2.05) is 27.9 Å². The van der Waals surface area contributed by atoms with Gasteiger partial charge in [-0.2, -0.15) is 0 Å². The van der Waals surface area contributed by atoms with Crippen molar-refractivity contribution >= 4 is 11.8 Å². The molecule has 0 saturated carbocycles. The maximum absolute atomic E-state index is 11.9. The van der Waals surface area contributed by atoms with Gasteiger partial charge >= 0.3 is 0 Å². The third-order valence-electron chi connectivity index (χ3n) is 3.23. The summed E-state index contributed by atoms with van der Waals surface area (Å²) in [6, 6.07) is 0.184. The van der Waals surface area contributed by atoms with Crippen LogP contribution in [0, 0.1) is 5.92 Å². The lowest BCUT2D eigenvalue weighted by atomic mass is 10.1. The van der Waals surface area contributed by atoms with Crippen LogP contribution in [-0.4, -0.2) is 61.4 Å². The Morgan fingerprint density at radius 2 is 2.17 bits per heavy atom. The minimum absolute atomic E-state index is 0.0188. The van der Waals surface area contributed by atoms with Crippen molar-refractivity contribution in [1.29, 1.82) is 0 Å². The van der Waals surface area contributed by atoms with Crippen LogP contribution in [0.2, 0.25) is 0 Å². The second-order valence-electron chi connectivity index (χ2n) is 5.49. The molecule has 2 amide bonds. The highest BCUT2D eigenvalue weighted by Gasteiger charge is 2.35. The van der Waals surface area contributed by atoms with Gasteiger partial charge < -0.3 is 15.1 Å². The van der Waals surface area contributed by atoms with Crippen molar-refractivity contribution in [1.82, 2.24) is 15.1 Å². The molecule has 1 N–H and O–H groups in total. The summed E-state index contributed by atoms with van der Waals surface area (Å²) in [6.07, 6.45) is 1.30. The summed E-state index contributed by atoms with van der Waals surface area (Å²) in [5, 5.41) is 2.92. The average molecular weight is 255 g/mol. The molecule has 18 heavy (non-hydrogen) atoms. The Hall–Kier alpha value is -1.10. The van der Waals surface area contributed by atoms with Gasteiger partial charge in [0.05, 0.1) is 5.92 Å². The zero-order chi connectivity index (χ0) is 13.7. The summed E-state index contributed by atoms with van der Waals surface area (Å²) in [6.45, 7) is 6.17. The Balaban J connectivity index is 2.29. The number of likely N-dealkylation sites (tertiary alicyclic amines) is 1. The van der Waals surface area contributed by atoms with Gasteiger partial charge in [-0.05, 0) is 40.9 Å². The number of amides is 2. The molecule has 0 bridgehead atoms. The quantitative estimate of drug-likeness (QED) is 0.695. The van der Waals surface area contributed by atoms with Crippen LogP contribution in [0.4, 0.5) is 0 Å². The van der Waals surface area contributed by atoms with E-state index in [0.717, 1.165) is 13.0 Å². The fraction of sp³-hybridized carbons (Fsp3) is 0.846. The smallest absolute Gasteiger partial charge is 0.225 e. The summed E-state index contributed by atoms with van der Waals surface area (Å²) in [7, 11) is 4.02. The fourth-order valence-corrected chi connectivity index (χ4v) is 2.16. The molecular weight excluding hydrogens is 230 g/mol. The molecule has 5 nitrogen and oxygen atoms in total. The third kappa shape index (κ3) is 4.29. The van der Waals surface area contributed by atoms with E-state index in [2.05, 4.69) is 10.2 Å². The van der Waals surface area contributed by atoms with Gasteiger partial charge in [0.25, 0.3) is 0 Å². The summed E-state index contributed by atoms with van der Waals surface area (Å²) >= 11 is 0. The topological polar surface area (TPSA) is 52.7 Å². The van der Waals surface area contributed by atoms with Gasteiger partial charge in [0, 0.05) is 25.6 Å². The maximum atomic E-state index is 11.9. The normalized spacial score (nSPS) is 20.0. The highest BCUT2D eigenvalue weighted by molar-refractivity contribution is 5.89. The van der Waals surface area contributed by atoms with Crippen LogP contribution in [0.5, 0.6) is 0 Å². The van der Waals surface area contributed by atoms with E-state index in [9.17, 15) is 9.59 Å². The molecule has 0 aromatic heterocycles. The van der Waals surface area contributed by atoms with Crippen molar-refractivity contribution < 1.29 is 9.59 Å². The molecular formula is C13H25N3O2. The number of nitrogens with one attached hydrogen (secondary N) is 1. The monoisotopic (exact) mass is 255 g/mol. The van der Waals surface area contributed by atoms with Crippen LogP contribution in [0.3, 0.4) is 0 Å². The van der Waals surface area contributed by atoms with Crippen molar-refractivity contribution in [2.45, 2.75) is 32.7 Å². The largest absolute Gasteiger partial charge is 0.356 e. The Bertz CT molecular complexity index is 303. The van der Waals surface area contributed by atoms with Gasteiger partial charge in [0.1, 0.15) is 0 Å². The second kappa shape index (κ2) is 6.73. The molecule has 1 rings (SSSR count). The first-order valence-corrected chi connectivity index (χ1v) is 6.63. The standard InChI is InChI=1S/C13H25N3O2/c1-10(2)16-9-11(8-12(16)17)13(18)14-6-5-7-15(3)4/h10-11H,5-9H2,1-4H3,(H,14,18)/t11-/m1/s1. The molecule has 5 heteroatoms. The van der Waals surface area contributed by atoms with E-state index < -0.39 is 0 Å². The molecule has 104 valence electrons. The fourth-order valence-electron chi connectivity index (χ4n) is 2.16. The van der Waals surface area contributed by atoms with Crippen molar-refractivity contribution in [2.24, 2.45) is 5.92 Å². The van der Waals surface area contributed by atoms with E-state index in [0.29, 0.717) is 19.5 Å². The molecule has 0 unspecified atom stereocenters. The first-order valence-electron chi connectivity index (χ1n) is 6.63. The number of carbonyl (C=O) groups excluding carboxylic acids is 2. The summed E-state index contributed by atoms with van der Waals surface area (Å²) in [5.41, 5.74) is 0. The molecule has 0 aromatic rings. The number of carbonyl (C=O) groups is 2. The van der Waals surface area contributed by atoms with E-state index in [1.165, 1.54) is 0 Å². The zero-order valence-corrected chi connectivity index (χ0v) is 11.9. The lowest BCUT2D eigenvalue weighted by molar-refractivity contribution is -0.129. The predicted molar refractivity (Wildman–Crippen MR) is 71.1 cm³/mol. The van der Waals surface area contributed by atoms with Gasteiger partial charge in [-0.1, -0.05) is 0 Å².